The number of hydrogen-bond donors (Lipinski definition) is 1. The smallest absolute Gasteiger partial charge is 0.347 e. The molecule has 0 aromatic heterocycles. The van der Waals surface area contributed by atoms with Gasteiger partial charge in [0, 0.05) is 0 Å². The van der Waals surface area contributed by atoms with Gasteiger partial charge in [-0.3, -0.25) is 0 Å². The number of carboxylic acids is 1. The first-order valence-corrected chi connectivity index (χ1v) is 10.4. The van der Waals surface area contributed by atoms with Gasteiger partial charge < -0.3 is 14.6 Å². The second kappa shape index (κ2) is 9.98. The van der Waals surface area contributed by atoms with Gasteiger partial charge in [-0.15, -0.1) is 0 Å². The zero-order chi connectivity index (χ0) is 22.3. The van der Waals surface area contributed by atoms with Crippen molar-refractivity contribution in [3.8, 4) is 22.6 Å². The first kappa shape index (κ1) is 22.2. The zero-order valence-corrected chi connectivity index (χ0v) is 18.2. The fraction of sp³-hybridized carbons (Fsp3) is 0.222. The topological polar surface area (TPSA) is 55.8 Å². The number of rotatable bonds is 9. The monoisotopic (exact) mass is 416 g/mol. The Morgan fingerprint density at radius 1 is 0.903 bits per heavy atom. The lowest BCUT2D eigenvalue weighted by molar-refractivity contribution is -0.154. The van der Waals surface area contributed by atoms with E-state index in [2.05, 4.69) is 43.3 Å². The third kappa shape index (κ3) is 5.76. The maximum absolute atomic E-state index is 11.4. The first-order valence-electron chi connectivity index (χ1n) is 10.4. The lowest BCUT2D eigenvalue weighted by atomic mass is 10.0. The molecule has 0 heterocycles. The van der Waals surface area contributed by atoms with Crippen LogP contribution in [0.25, 0.3) is 16.7 Å². The molecule has 0 saturated carbocycles. The van der Waals surface area contributed by atoms with Crippen LogP contribution in [0.1, 0.15) is 32.8 Å². The van der Waals surface area contributed by atoms with E-state index in [0.29, 0.717) is 24.5 Å². The molecule has 31 heavy (non-hydrogen) atoms. The molecule has 1 atom stereocenters. The molecule has 3 aromatic rings. The summed E-state index contributed by atoms with van der Waals surface area (Å²) in [5, 5.41) is 9.33. The number of allylic oxidation sites excluding steroid dienone is 1. The lowest BCUT2D eigenvalue weighted by Gasteiger charge is -2.24. The van der Waals surface area contributed by atoms with Gasteiger partial charge >= 0.3 is 5.97 Å². The van der Waals surface area contributed by atoms with E-state index in [4.69, 9.17) is 9.47 Å². The molecule has 4 heteroatoms. The Kier molecular flexibility index (Phi) is 7.14. The molecule has 0 saturated heterocycles. The van der Waals surface area contributed by atoms with Gasteiger partial charge in [-0.25, -0.2) is 4.79 Å². The molecule has 0 aliphatic heterocycles. The summed E-state index contributed by atoms with van der Waals surface area (Å²) in [7, 11) is 0. The summed E-state index contributed by atoms with van der Waals surface area (Å²) < 4.78 is 11.4. The van der Waals surface area contributed by atoms with E-state index in [-0.39, 0.29) is 0 Å². The fourth-order valence-corrected chi connectivity index (χ4v) is 3.07. The molecule has 0 radical (unpaired) electrons. The highest BCUT2D eigenvalue weighted by molar-refractivity contribution is 5.77. The van der Waals surface area contributed by atoms with Gasteiger partial charge in [-0.1, -0.05) is 61.5 Å². The van der Waals surface area contributed by atoms with Crippen LogP contribution < -0.4 is 9.47 Å². The predicted octanol–water partition coefficient (Wildman–Crippen LogP) is 6.47. The molecule has 160 valence electrons. The molecular formula is C27H28O4. The highest BCUT2D eigenvalue weighted by Gasteiger charge is 2.33. The first-order chi connectivity index (χ1) is 14.9. The van der Waals surface area contributed by atoms with Crippen LogP contribution in [0, 0.1) is 0 Å². The fourth-order valence-electron chi connectivity index (χ4n) is 3.07. The Morgan fingerprint density at radius 2 is 1.48 bits per heavy atom. The van der Waals surface area contributed by atoms with Crippen LogP contribution in [0.4, 0.5) is 0 Å². The van der Waals surface area contributed by atoms with Gasteiger partial charge in [-0.2, -0.15) is 0 Å². The highest BCUT2D eigenvalue weighted by Crippen LogP contribution is 2.25. The van der Waals surface area contributed by atoms with Gasteiger partial charge in [0.15, 0.2) is 0 Å². The molecule has 0 aliphatic carbocycles. The maximum atomic E-state index is 11.4. The van der Waals surface area contributed by atoms with Crippen LogP contribution in [-0.2, 0) is 4.79 Å². The second-order valence-corrected chi connectivity index (χ2v) is 7.60. The van der Waals surface area contributed by atoms with Crippen LogP contribution in [-0.4, -0.2) is 23.3 Å². The van der Waals surface area contributed by atoms with E-state index in [1.807, 2.05) is 24.3 Å². The van der Waals surface area contributed by atoms with Crippen LogP contribution in [0.3, 0.4) is 0 Å². The quantitative estimate of drug-likeness (QED) is 0.434. The van der Waals surface area contributed by atoms with Crippen LogP contribution in [0.5, 0.6) is 11.5 Å². The molecule has 3 aromatic carbocycles. The lowest BCUT2D eigenvalue weighted by Crippen LogP contribution is -2.40. The molecule has 0 bridgehead atoms. The van der Waals surface area contributed by atoms with E-state index >= 15 is 0 Å². The van der Waals surface area contributed by atoms with Crippen LogP contribution >= 0.6 is 0 Å². The Labute approximate surface area is 183 Å². The predicted molar refractivity (Wildman–Crippen MR) is 124 cm³/mol. The Hall–Kier alpha value is -3.53. The summed E-state index contributed by atoms with van der Waals surface area (Å²) in [5.41, 5.74) is 3.45. The standard InChI is InChI=1S/C27H28O4/c1-4-27(3,26(28)29)31-25-16-14-24(15-17-25)30-19-18-20(2)21-10-12-23(13-11-21)22-8-6-5-7-9-22/h5-18H,4,19H2,1-3H3,(H,28,29)/b20-18+. The van der Waals surface area contributed by atoms with Crippen molar-refractivity contribution in [2.75, 3.05) is 6.61 Å². The maximum Gasteiger partial charge on any atom is 0.347 e. The van der Waals surface area contributed by atoms with Gasteiger partial charge in [0.25, 0.3) is 0 Å². The largest absolute Gasteiger partial charge is 0.490 e. The molecule has 0 fully saturated rings. The molecule has 4 nitrogen and oxygen atoms in total. The number of hydrogen-bond acceptors (Lipinski definition) is 3. The van der Waals surface area contributed by atoms with Crippen molar-refractivity contribution in [2.45, 2.75) is 32.8 Å². The van der Waals surface area contributed by atoms with Crippen molar-refractivity contribution in [3.05, 3.63) is 90.5 Å². The van der Waals surface area contributed by atoms with Crippen molar-refractivity contribution in [1.82, 2.24) is 0 Å². The minimum atomic E-state index is -1.24. The van der Waals surface area contributed by atoms with Crippen molar-refractivity contribution in [3.63, 3.8) is 0 Å². The molecule has 0 aliphatic rings. The van der Waals surface area contributed by atoms with Crippen molar-refractivity contribution in [1.29, 1.82) is 0 Å². The summed E-state index contributed by atoms with van der Waals surface area (Å²) >= 11 is 0. The minimum Gasteiger partial charge on any atom is -0.490 e. The average Bonchev–Trinajstić information content (AvgIpc) is 2.80. The van der Waals surface area contributed by atoms with Gasteiger partial charge in [0.05, 0.1) is 0 Å². The van der Waals surface area contributed by atoms with E-state index in [0.717, 1.165) is 11.1 Å². The molecule has 3 rings (SSSR count). The summed E-state index contributed by atoms with van der Waals surface area (Å²) in [6, 6.07) is 25.8. The normalized spacial score (nSPS) is 13.3. The Bertz CT molecular complexity index is 1020. The number of ether oxygens (including phenoxy) is 2. The SMILES string of the molecule is CCC(C)(Oc1ccc(OC/C=C(\C)c2ccc(-c3ccccc3)cc2)cc1)C(=O)O. The van der Waals surface area contributed by atoms with Gasteiger partial charge in [0.2, 0.25) is 5.60 Å². The van der Waals surface area contributed by atoms with Crippen molar-refractivity contribution < 1.29 is 19.4 Å². The van der Waals surface area contributed by atoms with E-state index in [9.17, 15) is 9.90 Å². The second-order valence-electron chi connectivity index (χ2n) is 7.60. The zero-order valence-electron chi connectivity index (χ0n) is 18.2. The molecular weight excluding hydrogens is 388 g/mol. The Balaban J connectivity index is 1.57. The molecule has 0 spiro atoms. The van der Waals surface area contributed by atoms with Crippen molar-refractivity contribution >= 4 is 11.5 Å². The number of aliphatic carboxylic acids is 1. The Morgan fingerprint density at radius 3 is 2.06 bits per heavy atom. The molecule has 1 N–H and O–H groups in total. The third-order valence-corrected chi connectivity index (χ3v) is 5.38. The summed E-state index contributed by atoms with van der Waals surface area (Å²) in [5.74, 6) is 0.224. The van der Waals surface area contributed by atoms with E-state index < -0.39 is 11.6 Å². The number of carbonyl (C=O) groups is 1. The minimum absolute atomic E-state index is 0.372. The van der Waals surface area contributed by atoms with Gasteiger partial charge in [-0.05, 0) is 72.9 Å². The van der Waals surface area contributed by atoms with Gasteiger partial charge in [0.1, 0.15) is 18.1 Å². The van der Waals surface area contributed by atoms with Crippen LogP contribution in [0.15, 0.2) is 84.9 Å². The molecule has 1 unspecified atom stereocenters. The van der Waals surface area contributed by atoms with Crippen molar-refractivity contribution in [2.24, 2.45) is 0 Å². The summed E-state index contributed by atoms with van der Waals surface area (Å²) in [4.78, 5) is 11.4. The summed E-state index contributed by atoms with van der Waals surface area (Å²) in [6.07, 6.45) is 2.41. The highest BCUT2D eigenvalue weighted by atomic mass is 16.5. The van der Waals surface area contributed by atoms with E-state index in [1.165, 1.54) is 11.1 Å². The average molecular weight is 417 g/mol. The number of carboxylic acid groups (broad SMARTS) is 1. The molecule has 0 amide bonds. The summed E-state index contributed by atoms with van der Waals surface area (Å²) in [6.45, 7) is 5.86. The third-order valence-electron chi connectivity index (χ3n) is 5.38. The number of benzene rings is 3. The van der Waals surface area contributed by atoms with Crippen LogP contribution in [0.2, 0.25) is 0 Å². The van der Waals surface area contributed by atoms with E-state index in [1.54, 1.807) is 38.1 Å².